The van der Waals surface area contributed by atoms with Gasteiger partial charge in [0.25, 0.3) is 11.8 Å². The fourth-order valence-corrected chi connectivity index (χ4v) is 3.97. The quantitative estimate of drug-likeness (QED) is 0.507. The number of hydrogen-bond acceptors (Lipinski definition) is 7. The van der Waals surface area contributed by atoms with Crippen molar-refractivity contribution in [1.82, 2.24) is 25.8 Å². The first-order valence-electron chi connectivity index (χ1n) is 9.99. The van der Waals surface area contributed by atoms with Crippen LogP contribution in [0.1, 0.15) is 39.1 Å². The highest BCUT2D eigenvalue weighted by molar-refractivity contribution is 6.23. The van der Waals surface area contributed by atoms with E-state index < -0.39 is 29.7 Å². The minimum Gasteiger partial charge on any atom is -0.339 e. The van der Waals surface area contributed by atoms with Crippen molar-refractivity contribution in [3.05, 3.63) is 34.9 Å². The van der Waals surface area contributed by atoms with Gasteiger partial charge in [0.2, 0.25) is 17.7 Å². The SMILES string of the molecule is O=C1CCC(N2C(=O)c3ccc(CNCC(=O)N4CCNCC4)cc3C2=O)C(=O)N1. The Labute approximate surface area is 172 Å². The molecule has 4 rings (SSSR count). The Morgan fingerprint density at radius 2 is 1.80 bits per heavy atom. The number of benzene rings is 1. The summed E-state index contributed by atoms with van der Waals surface area (Å²) in [4.78, 5) is 63.9. The van der Waals surface area contributed by atoms with E-state index >= 15 is 0 Å². The van der Waals surface area contributed by atoms with Crippen molar-refractivity contribution in [2.24, 2.45) is 0 Å². The molecule has 10 nitrogen and oxygen atoms in total. The molecule has 0 radical (unpaired) electrons. The number of piperidine rings is 1. The predicted octanol–water partition coefficient (Wildman–Crippen LogP) is -1.39. The Balaban J connectivity index is 1.40. The lowest BCUT2D eigenvalue weighted by atomic mass is 10.0. The Hall–Kier alpha value is -3.11. The smallest absolute Gasteiger partial charge is 0.262 e. The molecule has 0 aromatic heterocycles. The molecule has 5 amide bonds. The third kappa shape index (κ3) is 3.83. The highest BCUT2D eigenvalue weighted by Gasteiger charge is 2.44. The van der Waals surface area contributed by atoms with E-state index in [4.69, 9.17) is 0 Å². The summed E-state index contributed by atoms with van der Waals surface area (Å²) in [6.07, 6.45) is 0.207. The molecule has 0 aliphatic carbocycles. The zero-order chi connectivity index (χ0) is 21.3. The average Bonchev–Trinajstić information content (AvgIpc) is 2.99. The van der Waals surface area contributed by atoms with Crippen molar-refractivity contribution in [3.63, 3.8) is 0 Å². The third-order valence-corrected chi connectivity index (χ3v) is 5.58. The maximum Gasteiger partial charge on any atom is 0.262 e. The number of rotatable bonds is 5. The molecule has 2 saturated heterocycles. The zero-order valence-electron chi connectivity index (χ0n) is 16.4. The highest BCUT2D eigenvalue weighted by Crippen LogP contribution is 2.28. The normalized spacial score (nSPS) is 21.7. The summed E-state index contributed by atoms with van der Waals surface area (Å²) in [6.45, 7) is 3.50. The fourth-order valence-electron chi connectivity index (χ4n) is 3.97. The van der Waals surface area contributed by atoms with Gasteiger partial charge in [0.15, 0.2) is 0 Å². The average molecular weight is 413 g/mol. The van der Waals surface area contributed by atoms with Crippen LogP contribution in [0.3, 0.4) is 0 Å². The van der Waals surface area contributed by atoms with Gasteiger partial charge in [-0.05, 0) is 24.1 Å². The van der Waals surface area contributed by atoms with Gasteiger partial charge >= 0.3 is 0 Å². The van der Waals surface area contributed by atoms with Gasteiger partial charge in [0, 0.05) is 39.1 Å². The molecule has 158 valence electrons. The molecular formula is C20H23N5O5. The van der Waals surface area contributed by atoms with Crippen molar-refractivity contribution >= 4 is 29.5 Å². The second-order valence-corrected chi connectivity index (χ2v) is 7.56. The molecule has 3 aliphatic heterocycles. The fraction of sp³-hybridized carbons (Fsp3) is 0.450. The number of fused-ring (bicyclic) bond motifs is 1. The van der Waals surface area contributed by atoms with Crippen LogP contribution in [0, 0.1) is 0 Å². The van der Waals surface area contributed by atoms with Gasteiger partial charge in [-0.15, -0.1) is 0 Å². The lowest BCUT2D eigenvalue weighted by Gasteiger charge is -2.27. The minimum atomic E-state index is -0.978. The van der Waals surface area contributed by atoms with Crippen molar-refractivity contribution < 1.29 is 24.0 Å². The Kier molecular flexibility index (Phi) is 5.60. The summed E-state index contributed by atoms with van der Waals surface area (Å²) < 4.78 is 0. The van der Waals surface area contributed by atoms with E-state index in [2.05, 4.69) is 16.0 Å². The number of carbonyl (C=O) groups is 5. The number of amides is 5. The number of piperazine rings is 1. The van der Waals surface area contributed by atoms with Gasteiger partial charge in [-0.25, -0.2) is 0 Å². The van der Waals surface area contributed by atoms with Crippen molar-refractivity contribution in [3.8, 4) is 0 Å². The van der Waals surface area contributed by atoms with Crippen LogP contribution in [0.4, 0.5) is 0 Å². The van der Waals surface area contributed by atoms with Crippen LogP contribution in [0.15, 0.2) is 18.2 Å². The van der Waals surface area contributed by atoms with E-state index in [0.29, 0.717) is 19.6 Å². The zero-order valence-corrected chi connectivity index (χ0v) is 16.4. The summed E-state index contributed by atoms with van der Waals surface area (Å²) in [5, 5.41) is 8.45. The van der Waals surface area contributed by atoms with Gasteiger partial charge in [0.05, 0.1) is 17.7 Å². The molecular weight excluding hydrogens is 390 g/mol. The topological polar surface area (TPSA) is 128 Å². The molecule has 0 bridgehead atoms. The summed E-state index contributed by atoms with van der Waals surface area (Å²) in [6, 6.07) is 3.92. The van der Waals surface area contributed by atoms with Crippen LogP contribution in [0.25, 0.3) is 0 Å². The second kappa shape index (κ2) is 8.33. The van der Waals surface area contributed by atoms with Gasteiger partial charge in [-0.3, -0.25) is 34.2 Å². The summed E-state index contributed by atoms with van der Waals surface area (Å²) in [5.41, 5.74) is 1.23. The Morgan fingerprint density at radius 3 is 2.53 bits per heavy atom. The molecule has 1 atom stereocenters. The molecule has 3 heterocycles. The summed E-state index contributed by atoms with van der Waals surface area (Å²) >= 11 is 0. The first-order chi connectivity index (χ1) is 14.5. The summed E-state index contributed by atoms with van der Waals surface area (Å²) in [7, 11) is 0. The van der Waals surface area contributed by atoms with E-state index in [1.54, 1.807) is 23.1 Å². The van der Waals surface area contributed by atoms with E-state index in [9.17, 15) is 24.0 Å². The minimum absolute atomic E-state index is 0.0212. The van der Waals surface area contributed by atoms with E-state index in [1.807, 2.05) is 0 Å². The first-order valence-corrected chi connectivity index (χ1v) is 9.99. The largest absolute Gasteiger partial charge is 0.339 e. The number of carbonyl (C=O) groups excluding carboxylic acids is 5. The highest BCUT2D eigenvalue weighted by atomic mass is 16.2. The van der Waals surface area contributed by atoms with Crippen LogP contribution in [-0.4, -0.2) is 78.1 Å². The molecule has 10 heteroatoms. The standard InChI is InChI=1S/C20H23N5O5/c26-16-4-3-15(18(28)23-16)25-19(29)13-2-1-12(9-14(13)20(25)30)10-22-11-17(27)24-7-5-21-6-8-24/h1-2,9,15,21-22H,3-8,10-11H2,(H,23,26,28). The van der Waals surface area contributed by atoms with E-state index in [-0.39, 0.29) is 36.4 Å². The molecule has 0 saturated carbocycles. The maximum absolute atomic E-state index is 12.8. The number of nitrogens with zero attached hydrogens (tertiary/aromatic N) is 2. The monoisotopic (exact) mass is 413 g/mol. The van der Waals surface area contributed by atoms with Crippen LogP contribution >= 0.6 is 0 Å². The number of nitrogens with one attached hydrogen (secondary N) is 3. The van der Waals surface area contributed by atoms with Crippen molar-refractivity contribution in [1.29, 1.82) is 0 Å². The molecule has 3 aliphatic rings. The van der Waals surface area contributed by atoms with Gasteiger partial charge < -0.3 is 15.5 Å². The third-order valence-electron chi connectivity index (χ3n) is 5.58. The number of hydrogen-bond donors (Lipinski definition) is 3. The first kappa shape index (κ1) is 20.2. The van der Waals surface area contributed by atoms with E-state index in [1.165, 1.54) is 0 Å². The Morgan fingerprint density at radius 1 is 1.07 bits per heavy atom. The summed E-state index contributed by atoms with van der Waals surface area (Å²) in [5.74, 6) is -2.08. The molecule has 1 aromatic rings. The van der Waals surface area contributed by atoms with Crippen LogP contribution in [-0.2, 0) is 20.9 Å². The van der Waals surface area contributed by atoms with Gasteiger partial charge in [-0.2, -0.15) is 0 Å². The number of imide groups is 2. The molecule has 3 N–H and O–H groups in total. The molecule has 1 aromatic carbocycles. The van der Waals surface area contributed by atoms with Crippen LogP contribution in [0.2, 0.25) is 0 Å². The lowest BCUT2D eigenvalue weighted by Crippen LogP contribution is -2.54. The molecule has 1 unspecified atom stereocenters. The second-order valence-electron chi connectivity index (χ2n) is 7.56. The van der Waals surface area contributed by atoms with E-state index in [0.717, 1.165) is 23.6 Å². The molecule has 2 fully saturated rings. The Bertz CT molecular complexity index is 924. The molecule has 30 heavy (non-hydrogen) atoms. The van der Waals surface area contributed by atoms with Gasteiger partial charge in [-0.1, -0.05) is 6.07 Å². The van der Waals surface area contributed by atoms with Gasteiger partial charge in [0.1, 0.15) is 6.04 Å². The predicted molar refractivity (Wildman–Crippen MR) is 104 cm³/mol. The van der Waals surface area contributed by atoms with Crippen molar-refractivity contribution in [2.75, 3.05) is 32.7 Å². The van der Waals surface area contributed by atoms with Crippen LogP contribution < -0.4 is 16.0 Å². The lowest BCUT2D eigenvalue weighted by molar-refractivity contribution is -0.136. The molecule has 0 spiro atoms. The van der Waals surface area contributed by atoms with Crippen molar-refractivity contribution in [2.45, 2.75) is 25.4 Å². The van der Waals surface area contributed by atoms with Crippen LogP contribution in [0.5, 0.6) is 0 Å². The maximum atomic E-state index is 12.8.